The smallest absolute Gasteiger partial charge is 0.213 e. The Labute approximate surface area is 168 Å². The van der Waals surface area contributed by atoms with Gasteiger partial charge in [-0.1, -0.05) is 12.5 Å². The second-order valence-corrected chi connectivity index (χ2v) is 8.70. The molecule has 1 fully saturated rings. The Morgan fingerprint density at radius 2 is 1.93 bits per heavy atom. The van der Waals surface area contributed by atoms with Gasteiger partial charge in [0.15, 0.2) is 17.5 Å². The highest BCUT2D eigenvalue weighted by molar-refractivity contribution is 7.89. The molecule has 0 unspecified atom stereocenters. The van der Waals surface area contributed by atoms with Gasteiger partial charge in [-0.3, -0.25) is 0 Å². The molecule has 1 aromatic rings. The molecule has 0 heterocycles. The molecule has 9 heteroatoms. The second kappa shape index (κ2) is 11.1. The number of benzene rings is 1. The van der Waals surface area contributed by atoms with Crippen molar-refractivity contribution >= 4 is 16.0 Å². The van der Waals surface area contributed by atoms with E-state index >= 15 is 0 Å². The predicted octanol–water partition coefficient (Wildman–Crippen LogP) is 1.48. The average Bonchev–Trinajstić information content (AvgIpc) is 2.64. The number of nitrogens with zero attached hydrogens (tertiary/aromatic N) is 1. The SMILES string of the molecule is CCNC(=NCc1ccc(OC)c(OC)c1)NCCS(=O)(=O)NCC1CCC1. The summed E-state index contributed by atoms with van der Waals surface area (Å²) in [5.41, 5.74) is 0.963. The highest BCUT2D eigenvalue weighted by Crippen LogP contribution is 2.27. The zero-order chi connectivity index (χ0) is 20.4. The van der Waals surface area contributed by atoms with E-state index < -0.39 is 10.0 Å². The minimum absolute atomic E-state index is 0.0144. The molecular weight excluding hydrogens is 380 g/mol. The number of sulfonamides is 1. The lowest BCUT2D eigenvalue weighted by Gasteiger charge is -2.25. The summed E-state index contributed by atoms with van der Waals surface area (Å²) in [6.45, 7) is 3.92. The van der Waals surface area contributed by atoms with Crippen molar-refractivity contribution in [3.63, 3.8) is 0 Å². The van der Waals surface area contributed by atoms with Crippen molar-refractivity contribution in [3.8, 4) is 11.5 Å². The lowest BCUT2D eigenvalue weighted by atomic mass is 9.86. The highest BCUT2D eigenvalue weighted by Gasteiger charge is 2.20. The predicted molar refractivity (Wildman–Crippen MR) is 111 cm³/mol. The summed E-state index contributed by atoms with van der Waals surface area (Å²) >= 11 is 0. The molecule has 1 aromatic carbocycles. The van der Waals surface area contributed by atoms with E-state index in [2.05, 4.69) is 20.3 Å². The molecule has 1 aliphatic carbocycles. The Bertz CT molecular complexity index is 748. The zero-order valence-corrected chi connectivity index (χ0v) is 17.8. The van der Waals surface area contributed by atoms with Crippen LogP contribution in [0.1, 0.15) is 31.7 Å². The monoisotopic (exact) mass is 412 g/mol. The van der Waals surface area contributed by atoms with Gasteiger partial charge in [0, 0.05) is 19.6 Å². The van der Waals surface area contributed by atoms with Crippen LogP contribution in [0, 0.1) is 5.92 Å². The van der Waals surface area contributed by atoms with Crippen molar-refractivity contribution in [2.45, 2.75) is 32.7 Å². The van der Waals surface area contributed by atoms with Gasteiger partial charge in [0.1, 0.15) is 0 Å². The normalized spacial score (nSPS) is 15.0. The number of methoxy groups -OCH3 is 2. The summed E-state index contributed by atoms with van der Waals surface area (Å²) in [6.07, 6.45) is 3.44. The van der Waals surface area contributed by atoms with Gasteiger partial charge in [0.05, 0.1) is 26.5 Å². The molecule has 8 nitrogen and oxygen atoms in total. The first-order valence-corrected chi connectivity index (χ1v) is 11.3. The molecule has 3 N–H and O–H groups in total. The maximum atomic E-state index is 12.1. The minimum Gasteiger partial charge on any atom is -0.493 e. The molecule has 1 aliphatic rings. The van der Waals surface area contributed by atoms with Crippen LogP contribution in [0.2, 0.25) is 0 Å². The van der Waals surface area contributed by atoms with Crippen LogP contribution in [0.25, 0.3) is 0 Å². The van der Waals surface area contributed by atoms with Crippen molar-refractivity contribution in [2.24, 2.45) is 10.9 Å². The van der Waals surface area contributed by atoms with Crippen LogP contribution in [0.3, 0.4) is 0 Å². The lowest BCUT2D eigenvalue weighted by molar-refractivity contribution is 0.316. The molecule has 0 spiro atoms. The Balaban J connectivity index is 1.85. The van der Waals surface area contributed by atoms with E-state index in [-0.39, 0.29) is 12.3 Å². The molecule has 0 aliphatic heterocycles. The van der Waals surface area contributed by atoms with Crippen LogP contribution >= 0.6 is 0 Å². The third kappa shape index (κ3) is 7.20. The summed E-state index contributed by atoms with van der Waals surface area (Å²) in [6, 6.07) is 5.63. The summed E-state index contributed by atoms with van der Waals surface area (Å²) in [5.74, 6) is 2.41. The maximum Gasteiger partial charge on any atom is 0.213 e. The van der Waals surface area contributed by atoms with Crippen molar-refractivity contribution < 1.29 is 17.9 Å². The van der Waals surface area contributed by atoms with Gasteiger partial charge in [0.2, 0.25) is 10.0 Å². The van der Waals surface area contributed by atoms with Gasteiger partial charge in [-0.15, -0.1) is 0 Å². The van der Waals surface area contributed by atoms with Crippen LogP contribution in [0.15, 0.2) is 23.2 Å². The van der Waals surface area contributed by atoms with Crippen molar-refractivity contribution in [3.05, 3.63) is 23.8 Å². The molecule has 158 valence electrons. The second-order valence-electron chi connectivity index (χ2n) is 6.78. The van der Waals surface area contributed by atoms with E-state index in [4.69, 9.17) is 9.47 Å². The van der Waals surface area contributed by atoms with Gasteiger partial charge >= 0.3 is 0 Å². The quantitative estimate of drug-likeness (QED) is 0.376. The highest BCUT2D eigenvalue weighted by atomic mass is 32.2. The van der Waals surface area contributed by atoms with Crippen LogP contribution in [-0.2, 0) is 16.6 Å². The number of ether oxygens (including phenoxy) is 2. The third-order valence-corrected chi connectivity index (χ3v) is 6.04. The molecular formula is C19H32N4O4S. The largest absolute Gasteiger partial charge is 0.493 e. The fraction of sp³-hybridized carbons (Fsp3) is 0.632. The van der Waals surface area contributed by atoms with E-state index in [9.17, 15) is 8.42 Å². The van der Waals surface area contributed by atoms with E-state index in [0.717, 1.165) is 18.4 Å². The van der Waals surface area contributed by atoms with Gasteiger partial charge in [-0.25, -0.2) is 18.1 Å². The molecule has 0 radical (unpaired) electrons. The number of hydrogen-bond acceptors (Lipinski definition) is 5. The molecule has 0 bridgehead atoms. The Hall–Kier alpha value is -2.00. The number of aliphatic imine (C=N–C) groups is 1. The summed E-state index contributed by atoms with van der Waals surface area (Å²) < 4.78 is 37.4. The molecule has 28 heavy (non-hydrogen) atoms. The average molecular weight is 413 g/mol. The number of hydrogen-bond donors (Lipinski definition) is 3. The lowest BCUT2D eigenvalue weighted by Crippen LogP contribution is -2.42. The Morgan fingerprint density at radius 3 is 2.54 bits per heavy atom. The van der Waals surface area contributed by atoms with E-state index in [0.29, 0.717) is 43.0 Å². The van der Waals surface area contributed by atoms with Crippen molar-refractivity contribution in [2.75, 3.05) is 39.6 Å². The fourth-order valence-corrected chi connectivity index (χ4v) is 3.81. The van der Waals surface area contributed by atoms with E-state index in [1.165, 1.54) is 6.42 Å². The number of rotatable bonds is 11. The van der Waals surface area contributed by atoms with E-state index in [1.807, 2.05) is 25.1 Å². The molecule has 1 saturated carbocycles. The molecule has 0 amide bonds. The Kier molecular flexibility index (Phi) is 8.85. The van der Waals surface area contributed by atoms with Gasteiger partial charge in [0.25, 0.3) is 0 Å². The first kappa shape index (κ1) is 22.3. The first-order valence-electron chi connectivity index (χ1n) is 9.67. The van der Waals surface area contributed by atoms with Crippen molar-refractivity contribution in [1.82, 2.24) is 15.4 Å². The summed E-state index contributed by atoms with van der Waals surface area (Å²) in [4.78, 5) is 4.51. The fourth-order valence-electron chi connectivity index (χ4n) is 2.81. The number of guanidine groups is 1. The van der Waals surface area contributed by atoms with Crippen LogP contribution in [0.4, 0.5) is 0 Å². The first-order chi connectivity index (χ1) is 13.5. The molecule has 0 atom stereocenters. The molecule has 0 aromatic heterocycles. The van der Waals surface area contributed by atoms with Crippen LogP contribution in [-0.4, -0.2) is 54.0 Å². The van der Waals surface area contributed by atoms with Gasteiger partial charge < -0.3 is 20.1 Å². The third-order valence-electron chi connectivity index (χ3n) is 4.69. The standard InChI is InChI=1S/C19H32N4O4S/c1-4-20-19(21-10-11-28(24,25)23-14-15-6-5-7-15)22-13-16-8-9-17(26-2)18(12-16)27-3/h8-9,12,15,23H,4-7,10-11,13-14H2,1-3H3,(H2,20,21,22). The van der Waals surface area contributed by atoms with E-state index in [1.54, 1.807) is 14.2 Å². The van der Waals surface area contributed by atoms with Gasteiger partial charge in [-0.05, 0) is 43.4 Å². The molecule has 2 rings (SSSR count). The minimum atomic E-state index is -3.27. The van der Waals surface area contributed by atoms with Crippen molar-refractivity contribution in [1.29, 1.82) is 0 Å². The van der Waals surface area contributed by atoms with Gasteiger partial charge in [-0.2, -0.15) is 0 Å². The summed E-state index contributed by atoms with van der Waals surface area (Å²) in [5, 5.41) is 6.20. The molecule has 0 saturated heterocycles. The zero-order valence-electron chi connectivity index (χ0n) is 17.0. The summed E-state index contributed by atoms with van der Waals surface area (Å²) in [7, 11) is -0.0845. The van der Waals surface area contributed by atoms with Crippen LogP contribution < -0.4 is 24.8 Å². The maximum absolute atomic E-state index is 12.1. The Morgan fingerprint density at radius 1 is 1.18 bits per heavy atom. The topological polar surface area (TPSA) is 101 Å². The number of nitrogens with one attached hydrogen (secondary N) is 3. The van der Waals surface area contributed by atoms with Crippen LogP contribution in [0.5, 0.6) is 11.5 Å².